The Morgan fingerprint density at radius 1 is 1.20 bits per heavy atom. The quantitative estimate of drug-likeness (QED) is 0.243. The largest absolute Gasteiger partial charge is 0.385 e. The van der Waals surface area contributed by atoms with Crippen LogP contribution in [0.4, 0.5) is 5.69 Å². The minimum absolute atomic E-state index is 0. The Hall–Kier alpha value is -1.39. The second kappa shape index (κ2) is 13.1. The number of anilines is 1. The lowest BCUT2D eigenvalue weighted by molar-refractivity contribution is -0.117. The van der Waals surface area contributed by atoms with Gasteiger partial charge >= 0.3 is 0 Å². The number of carbonyl (C=O) groups is 1. The van der Waals surface area contributed by atoms with Crippen LogP contribution in [0.2, 0.25) is 0 Å². The Bertz CT molecular complexity index is 693. The molecule has 0 aliphatic carbocycles. The molecule has 0 unspecified atom stereocenters. The Kier molecular flexibility index (Phi) is 10.9. The van der Waals surface area contributed by atoms with E-state index in [0.29, 0.717) is 6.10 Å². The fourth-order valence-electron chi connectivity index (χ4n) is 3.94. The van der Waals surface area contributed by atoms with Crippen LogP contribution in [0.5, 0.6) is 0 Å². The Labute approximate surface area is 197 Å². The van der Waals surface area contributed by atoms with E-state index in [0.717, 1.165) is 76.7 Å². The van der Waals surface area contributed by atoms with E-state index in [4.69, 9.17) is 9.47 Å². The number of hydrogen-bond acceptors (Lipinski definition) is 4. The second-order valence-electron chi connectivity index (χ2n) is 7.50. The summed E-state index contributed by atoms with van der Waals surface area (Å²) in [6.45, 7) is 7.03. The molecule has 1 amide bonds. The lowest BCUT2D eigenvalue weighted by Gasteiger charge is -2.34. The lowest BCUT2D eigenvalue weighted by Crippen LogP contribution is -2.47. The number of piperidine rings is 1. The number of nitrogens with zero attached hydrogens (tertiary/aromatic N) is 3. The summed E-state index contributed by atoms with van der Waals surface area (Å²) in [5, 5.41) is 3.34. The van der Waals surface area contributed by atoms with Crippen LogP contribution in [-0.2, 0) is 20.7 Å². The van der Waals surface area contributed by atoms with Gasteiger partial charge < -0.3 is 24.6 Å². The number of para-hydroxylation sites is 1. The summed E-state index contributed by atoms with van der Waals surface area (Å²) in [5.74, 6) is 0.882. The molecule has 168 valence electrons. The maximum atomic E-state index is 12.8. The monoisotopic (exact) mass is 530 g/mol. The number of fused-ring (bicyclic) bond motifs is 1. The molecule has 0 atom stereocenters. The zero-order valence-electron chi connectivity index (χ0n) is 18.1. The SMILES string of the molecule is CCNC(=NCC(=O)N1CCc2ccccc21)N1CCC(OCCCOC)CC1.I. The molecular weight excluding hydrogens is 495 g/mol. The first kappa shape index (κ1) is 24.9. The fourth-order valence-corrected chi connectivity index (χ4v) is 3.94. The van der Waals surface area contributed by atoms with Gasteiger partial charge in [0, 0.05) is 52.2 Å². The van der Waals surface area contributed by atoms with E-state index < -0.39 is 0 Å². The van der Waals surface area contributed by atoms with Crippen LogP contribution < -0.4 is 10.2 Å². The summed E-state index contributed by atoms with van der Waals surface area (Å²) < 4.78 is 11.0. The molecule has 1 aromatic rings. The third-order valence-electron chi connectivity index (χ3n) is 5.48. The number of carbonyl (C=O) groups excluding carboxylic acids is 1. The number of aliphatic imine (C=N–C) groups is 1. The van der Waals surface area contributed by atoms with Crippen LogP contribution in [0.1, 0.15) is 31.7 Å². The first-order chi connectivity index (χ1) is 14.2. The average molecular weight is 530 g/mol. The number of halogens is 1. The van der Waals surface area contributed by atoms with Crippen molar-refractivity contribution in [2.75, 3.05) is 57.9 Å². The van der Waals surface area contributed by atoms with Crippen LogP contribution in [0.15, 0.2) is 29.3 Å². The van der Waals surface area contributed by atoms with E-state index in [-0.39, 0.29) is 36.4 Å². The number of guanidine groups is 1. The topological polar surface area (TPSA) is 66.4 Å². The minimum atomic E-state index is 0. The van der Waals surface area contributed by atoms with Crippen LogP contribution in [0, 0.1) is 0 Å². The van der Waals surface area contributed by atoms with Gasteiger partial charge in [-0.15, -0.1) is 24.0 Å². The molecule has 1 saturated heterocycles. The molecule has 0 spiro atoms. The van der Waals surface area contributed by atoms with Crippen molar-refractivity contribution in [2.24, 2.45) is 4.99 Å². The van der Waals surface area contributed by atoms with E-state index >= 15 is 0 Å². The van der Waals surface area contributed by atoms with E-state index in [1.54, 1.807) is 7.11 Å². The highest BCUT2D eigenvalue weighted by atomic mass is 127. The first-order valence-electron chi connectivity index (χ1n) is 10.7. The molecule has 3 rings (SSSR count). The van der Waals surface area contributed by atoms with E-state index in [1.165, 1.54) is 5.56 Å². The molecule has 1 N–H and O–H groups in total. The fraction of sp³-hybridized carbons (Fsp3) is 0.636. The molecule has 7 nitrogen and oxygen atoms in total. The number of hydrogen-bond donors (Lipinski definition) is 1. The van der Waals surface area contributed by atoms with Crippen LogP contribution >= 0.6 is 24.0 Å². The number of likely N-dealkylation sites (tertiary alicyclic amines) is 1. The van der Waals surface area contributed by atoms with Crippen LogP contribution in [0.3, 0.4) is 0 Å². The molecule has 2 heterocycles. The van der Waals surface area contributed by atoms with Crippen molar-refractivity contribution in [2.45, 2.75) is 38.7 Å². The summed E-state index contributed by atoms with van der Waals surface area (Å²) in [5.41, 5.74) is 2.27. The number of rotatable bonds is 8. The number of methoxy groups -OCH3 is 1. The molecule has 8 heteroatoms. The van der Waals surface area contributed by atoms with E-state index in [1.807, 2.05) is 23.1 Å². The number of nitrogens with one attached hydrogen (secondary N) is 1. The van der Waals surface area contributed by atoms with Gasteiger partial charge in [-0.25, -0.2) is 4.99 Å². The first-order valence-corrected chi connectivity index (χ1v) is 10.7. The molecule has 0 bridgehead atoms. The van der Waals surface area contributed by atoms with Gasteiger partial charge in [0.1, 0.15) is 6.54 Å². The molecule has 30 heavy (non-hydrogen) atoms. The van der Waals surface area contributed by atoms with E-state index in [9.17, 15) is 4.79 Å². The lowest BCUT2D eigenvalue weighted by atomic mass is 10.1. The molecular formula is C22H35IN4O3. The molecule has 1 fully saturated rings. The summed E-state index contributed by atoms with van der Waals surface area (Å²) in [7, 11) is 1.72. The maximum absolute atomic E-state index is 12.8. The van der Waals surface area contributed by atoms with Crippen LogP contribution in [-0.4, -0.2) is 75.9 Å². The highest BCUT2D eigenvalue weighted by Crippen LogP contribution is 2.27. The zero-order chi connectivity index (χ0) is 20.5. The van der Waals surface area contributed by atoms with Gasteiger partial charge in [-0.1, -0.05) is 18.2 Å². The van der Waals surface area contributed by atoms with Gasteiger partial charge in [0.05, 0.1) is 6.10 Å². The Morgan fingerprint density at radius 2 is 1.97 bits per heavy atom. The number of ether oxygens (including phenoxy) is 2. The van der Waals surface area contributed by atoms with Gasteiger partial charge in [-0.2, -0.15) is 0 Å². The molecule has 0 aromatic heterocycles. The van der Waals surface area contributed by atoms with Gasteiger partial charge in [-0.05, 0) is 44.2 Å². The number of amides is 1. The van der Waals surface area contributed by atoms with Gasteiger partial charge in [-0.3, -0.25) is 4.79 Å². The molecule has 1 aromatic carbocycles. The smallest absolute Gasteiger partial charge is 0.248 e. The molecule has 0 radical (unpaired) electrons. The van der Waals surface area contributed by atoms with Crippen molar-refractivity contribution in [3.63, 3.8) is 0 Å². The van der Waals surface area contributed by atoms with Crippen molar-refractivity contribution >= 4 is 41.5 Å². The van der Waals surface area contributed by atoms with Crippen molar-refractivity contribution in [1.29, 1.82) is 0 Å². The average Bonchev–Trinajstić information content (AvgIpc) is 3.19. The third-order valence-corrected chi connectivity index (χ3v) is 5.48. The number of benzene rings is 1. The van der Waals surface area contributed by atoms with Crippen LogP contribution in [0.25, 0.3) is 0 Å². The summed E-state index contributed by atoms with van der Waals surface area (Å²) >= 11 is 0. The summed E-state index contributed by atoms with van der Waals surface area (Å²) in [4.78, 5) is 21.5. The van der Waals surface area contributed by atoms with Gasteiger partial charge in [0.2, 0.25) is 5.91 Å². The van der Waals surface area contributed by atoms with Gasteiger partial charge in [0.15, 0.2) is 5.96 Å². The summed E-state index contributed by atoms with van der Waals surface area (Å²) in [6.07, 6.45) is 4.11. The van der Waals surface area contributed by atoms with Crippen molar-refractivity contribution < 1.29 is 14.3 Å². The molecule has 2 aliphatic rings. The van der Waals surface area contributed by atoms with Crippen molar-refractivity contribution in [1.82, 2.24) is 10.2 Å². The third kappa shape index (κ3) is 6.81. The Morgan fingerprint density at radius 3 is 2.70 bits per heavy atom. The summed E-state index contributed by atoms with van der Waals surface area (Å²) in [6, 6.07) is 8.13. The predicted molar refractivity (Wildman–Crippen MR) is 131 cm³/mol. The molecule has 0 saturated carbocycles. The van der Waals surface area contributed by atoms with Gasteiger partial charge in [0.25, 0.3) is 0 Å². The standard InChI is InChI=1S/C22H34N4O3.HI/c1-3-23-22(25-12-10-19(11-13-25)29-16-6-15-28-2)24-17-21(27)26-14-9-18-7-4-5-8-20(18)26;/h4-5,7-8,19H,3,6,9-17H2,1-2H3,(H,23,24);1H. The van der Waals surface area contributed by atoms with E-state index in [2.05, 4.69) is 28.2 Å². The van der Waals surface area contributed by atoms with Crippen molar-refractivity contribution in [3.05, 3.63) is 29.8 Å². The normalized spacial score (nSPS) is 16.9. The predicted octanol–water partition coefficient (Wildman–Crippen LogP) is 2.68. The molecule has 2 aliphatic heterocycles. The highest BCUT2D eigenvalue weighted by molar-refractivity contribution is 14.0. The van der Waals surface area contributed by atoms with Crippen molar-refractivity contribution in [3.8, 4) is 0 Å². The highest BCUT2D eigenvalue weighted by Gasteiger charge is 2.25. The zero-order valence-corrected chi connectivity index (χ0v) is 20.5. The maximum Gasteiger partial charge on any atom is 0.248 e. The second-order valence-corrected chi connectivity index (χ2v) is 7.50. The minimum Gasteiger partial charge on any atom is -0.385 e. The Balaban J connectivity index is 0.00000320.